The van der Waals surface area contributed by atoms with Crippen LogP contribution in [0.4, 0.5) is 5.82 Å². The van der Waals surface area contributed by atoms with E-state index in [0.717, 1.165) is 49.4 Å². The Bertz CT molecular complexity index is 831. The highest BCUT2D eigenvalue weighted by atomic mass is 32.1. The van der Waals surface area contributed by atoms with Gasteiger partial charge in [0, 0.05) is 32.4 Å². The van der Waals surface area contributed by atoms with Crippen LogP contribution in [0.2, 0.25) is 0 Å². The Balaban J connectivity index is 1.40. The number of aromatic nitrogens is 4. The van der Waals surface area contributed by atoms with Crippen molar-refractivity contribution >= 4 is 29.4 Å². The van der Waals surface area contributed by atoms with Crippen molar-refractivity contribution in [1.29, 1.82) is 0 Å². The second-order valence-electron chi connectivity index (χ2n) is 5.69. The van der Waals surface area contributed by atoms with E-state index in [1.54, 1.807) is 11.3 Å². The molecule has 8 heteroatoms. The first-order valence-electron chi connectivity index (χ1n) is 7.89. The van der Waals surface area contributed by atoms with E-state index in [1.807, 2.05) is 40.5 Å². The van der Waals surface area contributed by atoms with Gasteiger partial charge in [0.05, 0.1) is 11.5 Å². The van der Waals surface area contributed by atoms with Gasteiger partial charge >= 0.3 is 0 Å². The summed E-state index contributed by atoms with van der Waals surface area (Å²) < 4.78 is 2.55. The van der Waals surface area contributed by atoms with Gasteiger partial charge in [-0.2, -0.15) is 4.98 Å². The summed E-state index contributed by atoms with van der Waals surface area (Å²) in [5.41, 5.74) is 0. The first kappa shape index (κ1) is 15.5. The molecule has 0 saturated carbocycles. The summed E-state index contributed by atoms with van der Waals surface area (Å²) in [6, 6.07) is 10.1. The van der Waals surface area contributed by atoms with Crippen molar-refractivity contribution in [1.82, 2.24) is 24.6 Å². The van der Waals surface area contributed by atoms with Gasteiger partial charge < -0.3 is 4.90 Å². The number of hydrogen-bond donors (Lipinski definition) is 1. The van der Waals surface area contributed by atoms with E-state index in [1.165, 1.54) is 0 Å². The molecule has 0 unspecified atom stereocenters. The predicted molar refractivity (Wildman–Crippen MR) is 98.7 cm³/mol. The fraction of sp³-hybridized carbons (Fsp3) is 0.312. The van der Waals surface area contributed by atoms with Gasteiger partial charge in [-0.05, 0) is 35.8 Å². The van der Waals surface area contributed by atoms with Gasteiger partial charge in [0.25, 0.3) is 0 Å². The summed E-state index contributed by atoms with van der Waals surface area (Å²) in [6.07, 6.45) is 1.84. The summed E-state index contributed by atoms with van der Waals surface area (Å²) in [4.78, 5) is 14.7. The number of rotatable bonds is 4. The number of H-pyrrole nitrogens is 1. The molecule has 1 aliphatic heterocycles. The Morgan fingerprint density at radius 1 is 1.12 bits per heavy atom. The van der Waals surface area contributed by atoms with Crippen LogP contribution >= 0.6 is 23.6 Å². The quantitative estimate of drug-likeness (QED) is 0.727. The third kappa shape index (κ3) is 3.26. The van der Waals surface area contributed by atoms with Crippen molar-refractivity contribution in [2.24, 2.45) is 0 Å². The Labute approximate surface area is 149 Å². The van der Waals surface area contributed by atoms with Crippen molar-refractivity contribution in [3.8, 4) is 10.7 Å². The van der Waals surface area contributed by atoms with E-state index in [-0.39, 0.29) is 0 Å². The summed E-state index contributed by atoms with van der Waals surface area (Å²) in [7, 11) is 0. The zero-order chi connectivity index (χ0) is 16.4. The Morgan fingerprint density at radius 3 is 2.71 bits per heavy atom. The number of nitrogens with zero attached hydrogens (tertiary/aromatic N) is 5. The number of piperazine rings is 1. The normalized spacial score (nSPS) is 15.8. The zero-order valence-electron chi connectivity index (χ0n) is 13.1. The topological polar surface area (TPSA) is 53.0 Å². The van der Waals surface area contributed by atoms with Crippen molar-refractivity contribution in [3.63, 3.8) is 0 Å². The highest BCUT2D eigenvalue weighted by Crippen LogP contribution is 2.21. The molecule has 4 heterocycles. The second kappa shape index (κ2) is 6.84. The molecule has 3 aromatic heterocycles. The molecule has 0 spiro atoms. The maximum atomic E-state index is 5.39. The molecule has 0 amide bonds. The van der Waals surface area contributed by atoms with E-state index < -0.39 is 0 Å². The molecule has 1 fully saturated rings. The SMILES string of the molecule is S=c1nc(-c2cccs2)[nH]n1CN1CCN(c2ccccn2)CC1. The van der Waals surface area contributed by atoms with Gasteiger partial charge in [-0.25, -0.2) is 9.67 Å². The van der Waals surface area contributed by atoms with E-state index in [0.29, 0.717) is 4.77 Å². The molecule has 3 aromatic rings. The summed E-state index contributed by atoms with van der Waals surface area (Å²) in [5.74, 6) is 1.90. The van der Waals surface area contributed by atoms with Gasteiger partial charge in [-0.15, -0.1) is 11.3 Å². The maximum Gasteiger partial charge on any atom is 0.217 e. The van der Waals surface area contributed by atoms with Gasteiger partial charge in [0.2, 0.25) is 4.77 Å². The molecule has 24 heavy (non-hydrogen) atoms. The average molecular weight is 358 g/mol. The molecule has 124 valence electrons. The average Bonchev–Trinajstić information content (AvgIpc) is 3.27. The molecule has 4 rings (SSSR count). The lowest BCUT2D eigenvalue weighted by Gasteiger charge is -2.35. The number of pyridine rings is 1. The highest BCUT2D eigenvalue weighted by Gasteiger charge is 2.18. The number of hydrogen-bond acceptors (Lipinski definition) is 6. The van der Waals surface area contributed by atoms with Crippen LogP contribution < -0.4 is 4.90 Å². The molecule has 0 aromatic carbocycles. The predicted octanol–water partition coefficient (Wildman–Crippen LogP) is 2.84. The van der Waals surface area contributed by atoms with Gasteiger partial charge in [-0.3, -0.25) is 10.00 Å². The first-order valence-corrected chi connectivity index (χ1v) is 9.17. The van der Waals surface area contributed by atoms with Crippen LogP contribution in [-0.4, -0.2) is 50.8 Å². The second-order valence-corrected chi connectivity index (χ2v) is 7.01. The van der Waals surface area contributed by atoms with E-state index in [9.17, 15) is 0 Å². The van der Waals surface area contributed by atoms with Gasteiger partial charge in [0.1, 0.15) is 5.82 Å². The van der Waals surface area contributed by atoms with E-state index >= 15 is 0 Å². The minimum atomic E-state index is 0.602. The number of anilines is 1. The summed E-state index contributed by atoms with van der Waals surface area (Å²) in [6.45, 7) is 4.64. The molecular formula is C16H18N6S2. The maximum absolute atomic E-state index is 5.39. The molecule has 0 atom stereocenters. The molecular weight excluding hydrogens is 340 g/mol. The van der Waals surface area contributed by atoms with Crippen LogP contribution in [0.25, 0.3) is 10.7 Å². The van der Waals surface area contributed by atoms with Crippen molar-refractivity contribution in [2.45, 2.75) is 6.67 Å². The standard InChI is InChI=1S/C16H18N6S2/c23-16-18-15(13-4-3-11-24-13)19-22(16)12-20-7-9-21(10-8-20)14-5-1-2-6-17-14/h1-6,11H,7-10,12H2,(H,18,19,23). The fourth-order valence-electron chi connectivity index (χ4n) is 2.84. The molecule has 0 bridgehead atoms. The van der Waals surface area contributed by atoms with E-state index in [4.69, 9.17) is 12.2 Å². The lowest BCUT2D eigenvalue weighted by atomic mass is 10.3. The molecule has 0 radical (unpaired) electrons. The third-order valence-electron chi connectivity index (χ3n) is 4.12. The van der Waals surface area contributed by atoms with Crippen molar-refractivity contribution in [2.75, 3.05) is 31.1 Å². The largest absolute Gasteiger partial charge is 0.354 e. The first-order chi connectivity index (χ1) is 11.8. The smallest absolute Gasteiger partial charge is 0.217 e. The van der Waals surface area contributed by atoms with E-state index in [2.05, 4.69) is 30.9 Å². The zero-order valence-corrected chi connectivity index (χ0v) is 14.8. The molecule has 6 nitrogen and oxygen atoms in total. The molecule has 0 aliphatic carbocycles. The van der Waals surface area contributed by atoms with Crippen LogP contribution in [0, 0.1) is 4.77 Å². The van der Waals surface area contributed by atoms with Crippen molar-refractivity contribution in [3.05, 3.63) is 46.7 Å². The van der Waals surface area contributed by atoms with Crippen LogP contribution in [0.3, 0.4) is 0 Å². The molecule has 1 saturated heterocycles. The van der Waals surface area contributed by atoms with Crippen LogP contribution in [0.15, 0.2) is 41.9 Å². The van der Waals surface area contributed by atoms with Crippen molar-refractivity contribution < 1.29 is 0 Å². The minimum Gasteiger partial charge on any atom is -0.354 e. The fourth-order valence-corrected chi connectivity index (χ4v) is 3.69. The monoisotopic (exact) mass is 358 g/mol. The highest BCUT2D eigenvalue weighted by molar-refractivity contribution is 7.71. The molecule has 1 N–H and O–H groups in total. The Morgan fingerprint density at radius 2 is 2.00 bits per heavy atom. The third-order valence-corrected chi connectivity index (χ3v) is 5.31. The van der Waals surface area contributed by atoms with Crippen LogP contribution in [0.1, 0.15) is 0 Å². The molecule has 1 aliphatic rings. The Kier molecular flexibility index (Phi) is 4.42. The number of nitrogens with one attached hydrogen (secondary N) is 1. The summed E-state index contributed by atoms with van der Waals surface area (Å²) in [5, 5.41) is 5.36. The number of aromatic amines is 1. The van der Waals surface area contributed by atoms with Crippen LogP contribution in [0.5, 0.6) is 0 Å². The van der Waals surface area contributed by atoms with Gasteiger partial charge in [-0.1, -0.05) is 12.1 Å². The summed E-state index contributed by atoms with van der Waals surface area (Å²) >= 11 is 7.05. The minimum absolute atomic E-state index is 0.602. The lowest BCUT2D eigenvalue weighted by Crippen LogP contribution is -2.47. The van der Waals surface area contributed by atoms with Crippen LogP contribution in [-0.2, 0) is 6.67 Å². The number of thiophene rings is 1. The Hall–Kier alpha value is -2.03. The van der Waals surface area contributed by atoms with Gasteiger partial charge in [0.15, 0.2) is 5.82 Å². The lowest BCUT2D eigenvalue weighted by molar-refractivity contribution is 0.194.